The average Bonchev–Trinajstić information content (AvgIpc) is 2.19. The van der Waals surface area contributed by atoms with E-state index in [-0.39, 0.29) is 10.6 Å². The number of rotatable bonds is 4. The number of nitrogens with two attached hydrogens (primary N) is 1. The van der Waals surface area contributed by atoms with Crippen LogP contribution in [-0.2, 0) is 0 Å². The van der Waals surface area contributed by atoms with E-state index in [0.717, 1.165) is 12.8 Å². The Morgan fingerprint density at radius 3 is 2.94 bits per heavy atom. The van der Waals surface area contributed by atoms with Crippen LogP contribution in [0.1, 0.15) is 19.3 Å². The molecule has 0 unspecified atom stereocenters. The van der Waals surface area contributed by atoms with Gasteiger partial charge in [0.2, 0.25) is 0 Å². The van der Waals surface area contributed by atoms with Crippen LogP contribution >= 0.6 is 11.6 Å². The lowest BCUT2D eigenvalue weighted by atomic mass is 9.91. The number of aromatic amines is 1. The van der Waals surface area contributed by atoms with Crippen LogP contribution in [-0.4, -0.2) is 29.1 Å². The molecule has 0 saturated heterocycles. The third-order valence-electron chi connectivity index (χ3n) is 2.94. The van der Waals surface area contributed by atoms with Gasteiger partial charge in [-0.2, -0.15) is 0 Å². The van der Waals surface area contributed by atoms with E-state index in [2.05, 4.69) is 9.97 Å². The second-order valence-corrected chi connectivity index (χ2v) is 4.31. The van der Waals surface area contributed by atoms with Crippen LogP contribution in [0.15, 0.2) is 11.1 Å². The summed E-state index contributed by atoms with van der Waals surface area (Å²) >= 11 is 5.96. The van der Waals surface area contributed by atoms with E-state index < -0.39 is 0 Å². The normalized spacial score (nSPS) is 15.9. The second-order valence-electron chi connectivity index (χ2n) is 3.94. The molecule has 0 spiro atoms. The van der Waals surface area contributed by atoms with Crippen molar-refractivity contribution in [2.24, 2.45) is 5.73 Å². The highest BCUT2D eigenvalue weighted by atomic mass is 35.5. The first kappa shape index (κ1) is 11.4. The maximum atomic E-state index is 11.4. The van der Waals surface area contributed by atoms with Gasteiger partial charge in [-0.15, -0.1) is 0 Å². The minimum Gasteiger partial charge on any atom is -0.351 e. The number of aromatic nitrogens is 2. The molecule has 0 aliphatic heterocycles. The average molecular weight is 243 g/mol. The van der Waals surface area contributed by atoms with Gasteiger partial charge in [0.25, 0.3) is 5.56 Å². The molecule has 1 aliphatic rings. The lowest BCUT2D eigenvalue weighted by Crippen LogP contribution is -2.44. The van der Waals surface area contributed by atoms with Gasteiger partial charge in [-0.3, -0.25) is 4.79 Å². The summed E-state index contributed by atoms with van der Waals surface area (Å²) in [5.74, 6) is 0.556. The molecular weight excluding hydrogens is 228 g/mol. The maximum Gasteiger partial charge on any atom is 0.271 e. The number of nitrogens with zero attached hydrogens (tertiary/aromatic N) is 2. The first-order chi connectivity index (χ1) is 7.74. The smallest absolute Gasteiger partial charge is 0.271 e. The van der Waals surface area contributed by atoms with Gasteiger partial charge in [0.05, 0.1) is 6.33 Å². The molecule has 1 aliphatic carbocycles. The van der Waals surface area contributed by atoms with Gasteiger partial charge in [-0.25, -0.2) is 4.98 Å². The van der Waals surface area contributed by atoms with Crippen molar-refractivity contribution in [3.8, 4) is 0 Å². The van der Waals surface area contributed by atoms with Gasteiger partial charge < -0.3 is 15.6 Å². The SMILES string of the molecule is NCCN(c1nc[nH]c(=O)c1Cl)C1CCC1. The molecule has 1 fully saturated rings. The molecule has 0 bridgehead atoms. The zero-order chi connectivity index (χ0) is 11.5. The number of halogens is 1. The zero-order valence-corrected chi connectivity index (χ0v) is 9.70. The number of nitrogens with one attached hydrogen (secondary N) is 1. The summed E-state index contributed by atoms with van der Waals surface area (Å²) in [5.41, 5.74) is 5.27. The Labute approximate surface area is 98.6 Å². The van der Waals surface area contributed by atoms with E-state index in [1.54, 1.807) is 0 Å². The molecule has 0 aromatic carbocycles. The monoisotopic (exact) mass is 242 g/mol. The predicted molar refractivity (Wildman–Crippen MR) is 63.9 cm³/mol. The Morgan fingerprint density at radius 1 is 1.62 bits per heavy atom. The van der Waals surface area contributed by atoms with E-state index in [1.165, 1.54) is 12.7 Å². The molecule has 0 radical (unpaired) electrons. The lowest BCUT2D eigenvalue weighted by molar-refractivity contribution is 0.386. The molecule has 3 N–H and O–H groups in total. The van der Waals surface area contributed by atoms with Crippen LogP contribution in [0.4, 0.5) is 5.82 Å². The van der Waals surface area contributed by atoms with Crippen molar-refractivity contribution in [1.29, 1.82) is 0 Å². The van der Waals surface area contributed by atoms with Gasteiger partial charge in [-0.05, 0) is 19.3 Å². The van der Waals surface area contributed by atoms with E-state index in [9.17, 15) is 4.79 Å². The van der Waals surface area contributed by atoms with E-state index in [4.69, 9.17) is 17.3 Å². The first-order valence-corrected chi connectivity index (χ1v) is 5.81. The van der Waals surface area contributed by atoms with Crippen LogP contribution in [0.3, 0.4) is 0 Å². The summed E-state index contributed by atoms with van der Waals surface area (Å²) in [6, 6.07) is 0.426. The van der Waals surface area contributed by atoms with Crippen molar-refractivity contribution < 1.29 is 0 Å². The summed E-state index contributed by atoms with van der Waals surface area (Å²) in [7, 11) is 0. The van der Waals surface area contributed by atoms with E-state index in [0.29, 0.717) is 24.9 Å². The summed E-state index contributed by atoms with van der Waals surface area (Å²) in [6.45, 7) is 1.21. The van der Waals surface area contributed by atoms with Crippen LogP contribution in [0.25, 0.3) is 0 Å². The number of hydrogen-bond donors (Lipinski definition) is 2. The summed E-state index contributed by atoms with van der Waals surface area (Å²) < 4.78 is 0. The highest BCUT2D eigenvalue weighted by Crippen LogP contribution is 2.30. The van der Waals surface area contributed by atoms with Crippen molar-refractivity contribution in [3.05, 3.63) is 21.7 Å². The lowest BCUT2D eigenvalue weighted by Gasteiger charge is -2.38. The molecule has 1 aromatic heterocycles. The maximum absolute atomic E-state index is 11.4. The third-order valence-corrected chi connectivity index (χ3v) is 3.28. The number of anilines is 1. The molecule has 5 nitrogen and oxygen atoms in total. The zero-order valence-electron chi connectivity index (χ0n) is 8.95. The molecular formula is C10H15ClN4O. The predicted octanol–water partition coefficient (Wildman–Crippen LogP) is 0.741. The molecule has 1 saturated carbocycles. The van der Waals surface area contributed by atoms with Crippen molar-refractivity contribution in [3.63, 3.8) is 0 Å². The topological polar surface area (TPSA) is 75.0 Å². The fraction of sp³-hybridized carbons (Fsp3) is 0.600. The molecule has 0 atom stereocenters. The molecule has 6 heteroatoms. The van der Waals surface area contributed by atoms with Crippen LogP contribution < -0.4 is 16.2 Å². The molecule has 2 rings (SSSR count). The standard InChI is InChI=1S/C10H15ClN4O/c11-8-9(13-6-14-10(8)16)15(5-4-12)7-2-1-3-7/h6-7H,1-5,12H2,(H,13,14,16). The second kappa shape index (κ2) is 4.84. The Bertz CT molecular complexity index is 416. The van der Waals surface area contributed by atoms with Gasteiger partial charge in [0, 0.05) is 19.1 Å². The van der Waals surface area contributed by atoms with Crippen LogP contribution in [0, 0.1) is 0 Å². The molecule has 1 aromatic rings. The molecule has 16 heavy (non-hydrogen) atoms. The molecule has 88 valence electrons. The largest absolute Gasteiger partial charge is 0.351 e. The van der Waals surface area contributed by atoms with Gasteiger partial charge in [0.15, 0.2) is 5.82 Å². The Morgan fingerprint density at radius 2 is 2.38 bits per heavy atom. The minimum atomic E-state index is -0.298. The van der Waals surface area contributed by atoms with Crippen molar-refractivity contribution in [2.75, 3.05) is 18.0 Å². The highest BCUT2D eigenvalue weighted by Gasteiger charge is 2.27. The minimum absolute atomic E-state index is 0.155. The quantitative estimate of drug-likeness (QED) is 0.817. The fourth-order valence-corrected chi connectivity index (χ4v) is 2.08. The molecule has 1 heterocycles. The summed E-state index contributed by atoms with van der Waals surface area (Å²) in [5, 5.41) is 0.155. The summed E-state index contributed by atoms with van der Waals surface area (Å²) in [6.07, 6.45) is 4.83. The van der Waals surface area contributed by atoms with Gasteiger partial charge in [0.1, 0.15) is 5.02 Å². The Balaban J connectivity index is 2.30. The molecule has 0 amide bonds. The number of hydrogen-bond acceptors (Lipinski definition) is 4. The Kier molecular flexibility index (Phi) is 3.46. The Hall–Kier alpha value is -1.07. The first-order valence-electron chi connectivity index (χ1n) is 5.44. The van der Waals surface area contributed by atoms with Crippen LogP contribution in [0.5, 0.6) is 0 Å². The van der Waals surface area contributed by atoms with Crippen molar-refractivity contribution in [2.45, 2.75) is 25.3 Å². The third kappa shape index (κ3) is 2.05. The van der Waals surface area contributed by atoms with E-state index in [1.807, 2.05) is 4.90 Å². The van der Waals surface area contributed by atoms with Gasteiger partial charge in [-0.1, -0.05) is 11.6 Å². The fourth-order valence-electron chi connectivity index (χ4n) is 1.87. The van der Waals surface area contributed by atoms with Crippen LogP contribution in [0.2, 0.25) is 5.02 Å². The highest BCUT2D eigenvalue weighted by molar-refractivity contribution is 6.32. The summed E-state index contributed by atoms with van der Waals surface area (Å²) in [4.78, 5) is 20.0. The number of H-pyrrole nitrogens is 1. The van der Waals surface area contributed by atoms with E-state index >= 15 is 0 Å². The van der Waals surface area contributed by atoms with Crippen molar-refractivity contribution >= 4 is 17.4 Å². The van der Waals surface area contributed by atoms with Crippen molar-refractivity contribution in [1.82, 2.24) is 9.97 Å². The van der Waals surface area contributed by atoms with Gasteiger partial charge >= 0.3 is 0 Å².